The topological polar surface area (TPSA) is 50.4 Å². The van der Waals surface area contributed by atoms with Crippen molar-refractivity contribution in [2.75, 3.05) is 25.5 Å². The number of carbonyl (C=O) groups is 1. The average molecular weight is 236 g/mol. The first-order valence-corrected chi connectivity index (χ1v) is 5.77. The third-order valence-electron chi connectivity index (χ3n) is 2.22. The van der Waals surface area contributed by atoms with E-state index >= 15 is 0 Å². The van der Waals surface area contributed by atoms with Crippen molar-refractivity contribution in [1.29, 1.82) is 0 Å². The number of hydrogen-bond donors (Lipinski definition) is 2. The summed E-state index contributed by atoms with van der Waals surface area (Å²) in [5, 5.41) is 5.90. The standard InChI is InChI=1S/C13H20N2O2/c1-10(2)8-14-9-13(16)15-11-6-4-5-7-12(11)17-3/h4-7,10,14H,8-9H2,1-3H3,(H,15,16). The Hall–Kier alpha value is -1.55. The van der Waals surface area contributed by atoms with E-state index in [0.717, 1.165) is 6.54 Å². The molecular formula is C13H20N2O2. The smallest absolute Gasteiger partial charge is 0.238 e. The highest BCUT2D eigenvalue weighted by molar-refractivity contribution is 5.93. The first kappa shape index (κ1) is 13.5. The van der Waals surface area contributed by atoms with Crippen molar-refractivity contribution in [3.63, 3.8) is 0 Å². The number of para-hydroxylation sites is 2. The number of anilines is 1. The van der Waals surface area contributed by atoms with Crippen molar-refractivity contribution in [1.82, 2.24) is 5.32 Å². The molecule has 0 atom stereocenters. The van der Waals surface area contributed by atoms with Crippen molar-refractivity contribution in [3.05, 3.63) is 24.3 Å². The molecule has 0 unspecified atom stereocenters. The van der Waals surface area contributed by atoms with Crippen molar-refractivity contribution >= 4 is 11.6 Å². The Morgan fingerprint density at radius 2 is 2.06 bits per heavy atom. The molecule has 0 saturated heterocycles. The van der Waals surface area contributed by atoms with Gasteiger partial charge in [0.15, 0.2) is 0 Å². The quantitative estimate of drug-likeness (QED) is 0.793. The van der Waals surface area contributed by atoms with Crippen LogP contribution in [0.3, 0.4) is 0 Å². The van der Waals surface area contributed by atoms with Crippen molar-refractivity contribution in [2.45, 2.75) is 13.8 Å². The third-order valence-corrected chi connectivity index (χ3v) is 2.22. The lowest BCUT2D eigenvalue weighted by molar-refractivity contribution is -0.115. The Bertz CT molecular complexity index is 364. The molecular weight excluding hydrogens is 216 g/mol. The van der Waals surface area contributed by atoms with E-state index in [1.165, 1.54) is 0 Å². The minimum absolute atomic E-state index is 0.0600. The van der Waals surface area contributed by atoms with Crippen LogP contribution in [0.5, 0.6) is 5.75 Å². The lowest BCUT2D eigenvalue weighted by Gasteiger charge is -2.11. The molecule has 94 valence electrons. The summed E-state index contributed by atoms with van der Waals surface area (Å²) >= 11 is 0. The van der Waals surface area contributed by atoms with E-state index < -0.39 is 0 Å². The first-order chi connectivity index (χ1) is 8.13. The van der Waals surface area contributed by atoms with Crippen LogP contribution in [0.25, 0.3) is 0 Å². The maximum absolute atomic E-state index is 11.6. The Balaban J connectivity index is 2.45. The van der Waals surface area contributed by atoms with Crippen LogP contribution in [0.2, 0.25) is 0 Å². The predicted molar refractivity (Wildman–Crippen MR) is 69.3 cm³/mol. The summed E-state index contributed by atoms with van der Waals surface area (Å²) in [6, 6.07) is 7.36. The van der Waals surface area contributed by atoms with Crippen LogP contribution < -0.4 is 15.4 Å². The molecule has 1 rings (SSSR count). The van der Waals surface area contributed by atoms with Gasteiger partial charge in [0, 0.05) is 0 Å². The van der Waals surface area contributed by atoms with Gasteiger partial charge >= 0.3 is 0 Å². The number of carbonyl (C=O) groups excluding carboxylic acids is 1. The fourth-order valence-electron chi connectivity index (χ4n) is 1.42. The van der Waals surface area contributed by atoms with E-state index in [1.54, 1.807) is 7.11 Å². The molecule has 1 aromatic carbocycles. The Kier molecular flexibility index (Phi) is 5.49. The second kappa shape index (κ2) is 6.91. The van der Waals surface area contributed by atoms with Gasteiger partial charge in [-0.3, -0.25) is 4.79 Å². The summed E-state index contributed by atoms with van der Waals surface area (Å²) in [6.45, 7) is 5.35. The van der Waals surface area contributed by atoms with Gasteiger partial charge in [-0.05, 0) is 24.6 Å². The Morgan fingerprint density at radius 3 is 2.71 bits per heavy atom. The van der Waals surface area contributed by atoms with Gasteiger partial charge < -0.3 is 15.4 Å². The molecule has 0 aliphatic heterocycles. The van der Waals surface area contributed by atoms with Crippen LogP contribution >= 0.6 is 0 Å². The largest absolute Gasteiger partial charge is 0.495 e. The molecule has 4 nitrogen and oxygen atoms in total. The first-order valence-electron chi connectivity index (χ1n) is 5.77. The molecule has 0 bridgehead atoms. The normalized spacial score (nSPS) is 10.4. The molecule has 4 heteroatoms. The zero-order valence-electron chi connectivity index (χ0n) is 10.6. The summed E-state index contributed by atoms with van der Waals surface area (Å²) in [5.41, 5.74) is 0.700. The molecule has 1 aromatic rings. The number of nitrogens with one attached hydrogen (secondary N) is 2. The highest BCUT2D eigenvalue weighted by Crippen LogP contribution is 2.22. The molecule has 0 heterocycles. The highest BCUT2D eigenvalue weighted by atomic mass is 16.5. The molecule has 0 aliphatic rings. The van der Waals surface area contributed by atoms with Gasteiger partial charge in [-0.2, -0.15) is 0 Å². The lowest BCUT2D eigenvalue weighted by Crippen LogP contribution is -2.30. The number of benzene rings is 1. The lowest BCUT2D eigenvalue weighted by atomic mass is 10.2. The van der Waals surface area contributed by atoms with Gasteiger partial charge in [0.2, 0.25) is 5.91 Å². The molecule has 0 radical (unpaired) electrons. The summed E-state index contributed by atoms with van der Waals surface area (Å²) < 4.78 is 5.15. The predicted octanol–water partition coefficient (Wildman–Crippen LogP) is 1.88. The number of amides is 1. The molecule has 0 fully saturated rings. The van der Waals surface area contributed by atoms with Crippen LogP contribution in [0.15, 0.2) is 24.3 Å². The van der Waals surface area contributed by atoms with E-state index in [-0.39, 0.29) is 5.91 Å². The third kappa shape index (κ3) is 4.87. The second-order valence-corrected chi connectivity index (χ2v) is 4.27. The minimum atomic E-state index is -0.0600. The van der Waals surface area contributed by atoms with E-state index in [4.69, 9.17) is 4.74 Å². The van der Waals surface area contributed by atoms with Crippen molar-refractivity contribution in [3.8, 4) is 5.75 Å². The molecule has 0 aromatic heterocycles. The maximum Gasteiger partial charge on any atom is 0.238 e. The molecule has 1 amide bonds. The molecule has 2 N–H and O–H groups in total. The zero-order chi connectivity index (χ0) is 12.7. The monoisotopic (exact) mass is 236 g/mol. The zero-order valence-corrected chi connectivity index (χ0v) is 10.6. The fourth-order valence-corrected chi connectivity index (χ4v) is 1.42. The van der Waals surface area contributed by atoms with Crippen LogP contribution in [0, 0.1) is 5.92 Å². The number of rotatable bonds is 6. The Labute approximate surface area is 102 Å². The summed E-state index contributed by atoms with van der Waals surface area (Å²) in [4.78, 5) is 11.6. The molecule has 0 spiro atoms. The van der Waals surface area contributed by atoms with Gasteiger partial charge in [-0.1, -0.05) is 26.0 Å². The maximum atomic E-state index is 11.6. The van der Waals surface area contributed by atoms with Crippen LogP contribution in [-0.2, 0) is 4.79 Å². The van der Waals surface area contributed by atoms with Gasteiger partial charge in [0.05, 0.1) is 19.3 Å². The van der Waals surface area contributed by atoms with E-state index in [0.29, 0.717) is 23.9 Å². The fraction of sp³-hybridized carbons (Fsp3) is 0.462. The number of ether oxygens (including phenoxy) is 1. The van der Waals surface area contributed by atoms with Crippen LogP contribution in [0.4, 0.5) is 5.69 Å². The van der Waals surface area contributed by atoms with Gasteiger partial charge in [0.1, 0.15) is 5.75 Å². The van der Waals surface area contributed by atoms with Crippen molar-refractivity contribution in [2.24, 2.45) is 5.92 Å². The second-order valence-electron chi connectivity index (χ2n) is 4.27. The van der Waals surface area contributed by atoms with E-state index in [1.807, 2.05) is 24.3 Å². The SMILES string of the molecule is COc1ccccc1NC(=O)CNCC(C)C. The Morgan fingerprint density at radius 1 is 1.35 bits per heavy atom. The van der Waals surface area contributed by atoms with E-state index in [2.05, 4.69) is 24.5 Å². The van der Waals surface area contributed by atoms with Gasteiger partial charge in [0.25, 0.3) is 0 Å². The number of hydrogen-bond acceptors (Lipinski definition) is 3. The average Bonchev–Trinajstić information content (AvgIpc) is 2.29. The minimum Gasteiger partial charge on any atom is -0.495 e. The highest BCUT2D eigenvalue weighted by Gasteiger charge is 2.06. The van der Waals surface area contributed by atoms with Gasteiger partial charge in [-0.15, -0.1) is 0 Å². The van der Waals surface area contributed by atoms with E-state index in [9.17, 15) is 4.79 Å². The summed E-state index contributed by atoms with van der Waals surface area (Å²) in [6.07, 6.45) is 0. The van der Waals surface area contributed by atoms with Crippen LogP contribution in [-0.4, -0.2) is 26.1 Å². The number of methoxy groups -OCH3 is 1. The molecule has 0 aliphatic carbocycles. The van der Waals surface area contributed by atoms with Crippen LogP contribution in [0.1, 0.15) is 13.8 Å². The van der Waals surface area contributed by atoms with Gasteiger partial charge in [-0.25, -0.2) is 0 Å². The summed E-state index contributed by atoms with van der Waals surface area (Å²) in [7, 11) is 1.59. The molecule has 17 heavy (non-hydrogen) atoms. The molecule has 0 saturated carbocycles. The summed E-state index contributed by atoms with van der Waals surface area (Å²) in [5.74, 6) is 1.15. The van der Waals surface area contributed by atoms with Crippen molar-refractivity contribution < 1.29 is 9.53 Å².